The topological polar surface area (TPSA) is 69.0 Å². The molecule has 6 heteroatoms. The largest absolute Gasteiger partial charge is 0.259 e. The Labute approximate surface area is 81.1 Å². The fraction of sp³-hybridized carbons (Fsp3) is 0.429. The van der Waals surface area contributed by atoms with Crippen molar-refractivity contribution in [2.75, 3.05) is 7.11 Å². The maximum absolute atomic E-state index is 10.3. The van der Waals surface area contributed by atoms with Crippen LogP contribution in [0.1, 0.15) is 13.8 Å². The molecule has 13 heavy (non-hydrogen) atoms. The summed E-state index contributed by atoms with van der Waals surface area (Å²) in [5, 5.41) is 10.6. The summed E-state index contributed by atoms with van der Waals surface area (Å²) in [5.74, 6) is 0. The molecule has 0 fully saturated rings. The van der Waals surface area contributed by atoms with Crippen LogP contribution in [0.25, 0.3) is 0 Å². The highest BCUT2D eigenvalue weighted by Gasteiger charge is 2.07. The van der Waals surface area contributed by atoms with E-state index in [0.29, 0.717) is 10.7 Å². The molecule has 0 saturated carbocycles. The Morgan fingerprint density at radius 3 is 2.54 bits per heavy atom. The van der Waals surface area contributed by atoms with Crippen molar-refractivity contribution < 1.29 is 15.2 Å². The molecule has 74 valence electrons. The molecule has 0 rings (SSSR count). The van der Waals surface area contributed by atoms with E-state index in [1.807, 2.05) is 0 Å². The fourth-order valence-corrected chi connectivity index (χ4v) is 0.855. The zero-order valence-corrected chi connectivity index (χ0v) is 8.46. The lowest BCUT2D eigenvalue weighted by Gasteiger charge is -1.95. The highest BCUT2D eigenvalue weighted by molar-refractivity contribution is 6.27. The molecular weight excluding hydrogens is 196 g/mol. The number of hydrogen-bond donors (Lipinski definition) is 1. The monoisotopic (exact) mass is 207 g/mol. The number of nitro groups is 1. The summed E-state index contributed by atoms with van der Waals surface area (Å²) in [7, 11) is 1.45. The second kappa shape index (κ2) is 5.69. The summed E-state index contributed by atoms with van der Waals surface area (Å²) in [4.78, 5) is 14.5. The van der Waals surface area contributed by atoms with E-state index in [9.17, 15) is 10.1 Å². The second-order valence-corrected chi connectivity index (χ2v) is 2.84. The minimum Gasteiger partial charge on any atom is -0.259 e. The van der Waals surface area contributed by atoms with Gasteiger partial charge in [-0.2, -0.15) is 5.48 Å². The van der Waals surface area contributed by atoms with Crippen molar-refractivity contribution in [3.05, 3.63) is 32.6 Å². The molecule has 0 heterocycles. The molecule has 0 saturated heterocycles. The standard InChI is InChI=1S/C7H11ClN2O3/c1-5(6(2)10(11)12)4-7(8)9-13-3/h4,9H,1-3H3/p+1/b6-5+,7-4-. The third-order valence-electron chi connectivity index (χ3n) is 1.43. The number of nitrogens with zero attached hydrogens (tertiary/aromatic N) is 1. The van der Waals surface area contributed by atoms with E-state index in [0.717, 1.165) is 0 Å². The average molecular weight is 208 g/mol. The van der Waals surface area contributed by atoms with E-state index in [1.165, 1.54) is 25.6 Å². The van der Waals surface area contributed by atoms with Gasteiger partial charge in [-0.25, -0.2) is 4.84 Å². The predicted molar refractivity (Wildman–Crippen MR) is 48.2 cm³/mol. The minimum atomic E-state index is -0.456. The lowest BCUT2D eigenvalue weighted by molar-refractivity contribution is -0.848. The van der Waals surface area contributed by atoms with Gasteiger partial charge in [0.25, 0.3) is 0 Å². The molecule has 0 amide bonds. The molecule has 0 unspecified atom stereocenters. The first-order chi connectivity index (χ1) is 5.99. The highest BCUT2D eigenvalue weighted by atomic mass is 35.5. The first-order valence-corrected chi connectivity index (χ1v) is 3.92. The third kappa shape index (κ3) is 4.62. The van der Waals surface area contributed by atoms with Gasteiger partial charge in [0.2, 0.25) is 10.9 Å². The molecule has 2 N–H and O–H groups in total. The van der Waals surface area contributed by atoms with E-state index in [1.54, 1.807) is 6.92 Å². The van der Waals surface area contributed by atoms with Crippen molar-refractivity contribution in [3.8, 4) is 0 Å². The summed E-state index contributed by atoms with van der Waals surface area (Å²) in [6.45, 7) is 3.03. The SMILES string of the molecule is CO[NH2+]/C(Cl)=C\C(C)=C(/C)[N+](=O)[O-]. The van der Waals surface area contributed by atoms with Crippen LogP contribution in [0.5, 0.6) is 0 Å². The Balaban J connectivity index is 4.60. The second-order valence-electron chi connectivity index (χ2n) is 2.41. The number of halogens is 1. The molecule has 0 aliphatic heterocycles. The van der Waals surface area contributed by atoms with Crippen LogP contribution in [0.15, 0.2) is 22.5 Å². The molecule has 0 aromatic heterocycles. The molecule has 0 aromatic carbocycles. The number of hydroxylamine groups is 1. The van der Waals surface area contributed by atoms with Gasteiger partial charge in [0.1, 0.15) is 0 Å². The minimum absolute atomic E-state index is 0.0719. The van der Waals surface area contributed by atoms with E-state index >= 15 is 0 Å². The van der Waals surface area contributed by atoms with Gasteiger partial charge < -0.3 is 0 Å². The van der Waals surface area contributed by atoms with Crippen LogP contribution >= 0.6 is 11.6 Å². The fourth-order valence-electron chi connectivity index (χ4n) is 0.602. The quantitative estimate of drug-likeness (QED) is 0.320. The van der Waals surface area contributed by atoms with Crippen LogP contribution in [0.4, 0.5) is 0 Å². The summed E-state index contributed by atoms with van der Waals surface area (Å²) < 4.78 is 0. The molecule has 0 spiro atoms. The van der Waals surface area contributed by atoms with E-state index in [4.69, 9.17) is 11.6 Å². The van der Waals surface area contributed by atoms with Gasteiger partial charge in [-0.15, -0.1) is 0 Å². The van der Waals surface area contributed by atoms with Gasteiger partial charge in [0, 0.05) is 18.6 Å². The van der Waals surface area contributed by atoms with Crippen molar-refractivity contribution in [1.29, 1.82) is 0 Å². The van der Waals surface area contributed by atoms with Gasteiger partial charge in [-0.3, -0.25) is 10.1 Å². The van der Waals surface area contributed by atoms with Crippen LogP contribution in [-0.2, 0) is 4.84 Å². The molecule has 0 aliphatic carbocycles. The highest BCUT2D eigenvalue weighted by Crippen LogP contribution is 2.07. The van der Waals surface area contributed by atoms with Crippen molar-refractivity contribution >= 4 is 11.6 Å². The van der Waals surface area contributed by atoms with Crippen molar-refractivity contribution in [1.82, 2.24) is 0 Å². The van der Waals surface area contributed by atoms with Gasteiger partial charge >= 0.3 is 0 Å². The molecule has 5 nitrogen and oxygen atoms in total. The normalized spacial score (nSPS) is 14.0. The Morgan fingerprint density at radius 1 is 1.62 bits per heavy atom. The maximum Gasteiger partial charge on any atom is 0.246 e. The Bertz CT molecular complexity index is 260. The molecule has 0 radical (unpaired) electrons. The lowest BCUT2D eigenvalue weighted by Crippen LogP contribution is -2.79. The Hall–Kier alpha value is -0.910. The Morgan fingerprint density at radius 2 is 2.15 bits per heavy atom. The molecule has 0 bridgehead atoms. The average Bonchev–Trinajstić information content (AvgIpc) is 2.03. The van der Waals surface area contributed by atoms with Crippen molar-refractivity contribution in [2.45, 2.75) is 13.8 Å². The van der Waals surface area contributed by atoms with Crippen LogP contribution < -0.4 is 5.48 Å². The smallest absolute Gasteiger partial charge is 0.246 e. The number of quaternary nitrogens is 1. The van der Waals surface area contributed by atoms with Crippen molar-refractivity contribution in [3.63, 3.8) is 0 Å². The Kier molecular flexibility index (Phi) is 5.29. The van der Waals surface area contributed by atoms with Crippen molar-refractivity contribution in [2.24, 2.45) is 0 Å². The van der Waals surface area contributed by atoms with E-state index in [-0.39, 0.29) is 5.70 Å². The van der Waals surface area contributed by atoms with Crippen LogP contribution in [0.2, 0.25) is 0 Å². The number of nitrogens with two attached hydrogens (primary N) is 1. The predicted octanol–water partition coefficient (Wildman–Crippen LogP) is 0.762. The number of rotatable bonds is 4. The third-order valence-corrected chi connectivity index (χ3v) is 1.63. The van der Waals surface area contributed by atoms with E-state index < -0.39 is 4.92 Å². The first-order valence-electron chi connectivity index (χ1n) is 3.54. The summed E-state index contributed by atoms with van der Waals surface area (Å²) in [6, 6.07) is 0. The van der Waals surface area contributed by atoms with Gasteiger partial charge in [0.05, 0.1) is 12.0 Å². The summed E-state index contributed by atoms with van der Waals surface area (Å²) >= 11 is 5.65. The number of allylic oxidation sites excluding steroid dienone is 3. The van der Waals surface area contributed by atoms with Crippen LogP contribution in [-0.4, -0.2) is 12.0 Å². The zero-order valence-electron chi connectivity index (χ0n) is 7.70. The van der Waals surface area contributed by atoms with Gasteiger partial charge in [-0.05, 0) is 18.5 Å². The molecule has 0 aliphatic rings. The van der Waals surface area contributed by atoms with Gasteiger partial charge in [0.15, 0.2) is 0 Å². The lowest BCUT2D eigenvalue weighted by atomic mass is 10.2. The maximum atomic E-state index is 10.3. The van der Waals surface area contributed by atoms with Gasteiger partial charge in [-0.1, -0.05) is 0 Å². The van der Waals surface area contributed by atoms with Crippen LogP contribution in [0, 0.1) is 10.1 Å². The first kappa shape index (κ1) is 12.1. The number of hydrogen-bond acceptors (Lipinski definition) is 3. The molecule has 0 atom stereocenters. The summed E-state index contributed by atoms with van der Waals surface area (Å²) in [6.07, 6.45) is 1.48. The summed E-state index contributed by atoms with van der Waals surface area (Å²) in [5.41, 5.74) is 1.88. The van der Waals surface area contributed by atoms with Crippen LogP contribution in [0.3, 0.4) is 0 Å². The zero-order chi connectivity index (χ0) is 10.4. The van der Waals surface area contributed by atoms with E-state index in [2.05, 4.69) is 4.84 Å². The molecular formula is C7H12ClN2O3+. The molecule has 0 aromatic rings.